The van der Waals surface area contributed by atoms with E-state index in [0.717, 1.165) is 0 Å². The number of halogens is 1. The van der Waals surface area contributed by atoms with Gasteiger partial charge in [0.15, 0.2) is 5.82 Å². The molecule has 0 amide bonds. The Labute approximate surface area is 84.6 Å². The average molecular weight is 206 g/mol. The fourth-order valence-electron chi connectivity index (χ4n) is 0.928. The van der Waals surface area contributed by atoms with E-state index in [-0.39, 0.29) is 5.82 Å². The summed E-state index contributed by atoms with van der Waals surface area (Å²) in [6, 6.07) is 5.22. The largest absolute Gasteiger partial charge is 0.252 e. The van der Waals surface area contributed by atoms with Crippen LogP contribution < -0.4 is 0 Å². The highest BCUT2D eigenvalue weighted by atomic mass is 35.5. The quantitative estimate of drug-likeness (QED) is 0.701. The van der Waals surface area contributed by atoms with Crippen LogP contribution in [0.15, 0.2) is 24.7 Å². The van der Waals surface area contributed by atoms with Crippen LogP contribution in [0, 0.1) is 11.3 Å². The average Bonchev–Trinajstić information content (AvgIpc) is 2.67. The highest BCUT2D eigenvalue weighted by Crippen LogP contribution is 2.08. The zero-order valence-corrected chi connectivity index (χ0v) is 7.68. The molecule has 0 aliphatic carbocycles. The van der Waals surface area contributed by atoms with Crippen LogP contribution in [0.5, 0.6) is 0 Å². The normalized spacial score (nSPS) is 9.71. The molecule has 0 aromatic carbocycles. The number of nitriles is 1. The second kappa shape index (κ2) is 3.44. The molecular weight excluding hydrogens is 202 g/mol. The molecule has 0 atom stereocenters. The number of aromatic nitrogens is 4. The van der Waals surface area contributed by atoms with Gasteiger partial charge in [-0.3, -0.25) is 0 Å². The van der Waals surface area contributed by atoms with Crippen LogP contribution >= 0.6 is 11.6 Å². The third-order valence-corrected chi connectivity index (χ3v) is 1.76. The summed E-state index contributed by atoms with van der Waals surface area (Å²) in [7, 11) is 0. The molecule has 5 nitrogen and oxygen atoms in total. The summed E-state index contributed by atoms with van der Waals surface area (Å²) < 4.78 is 1.41. The summed E-state index contributed by atoms with van der Waals surface area (Å²) in [5, 5.41) is 12.9. The Morgan fingerprint density at radius 3 is 2.79 bits per heavy atom. The van der Waals surface area contributed by atoms with Crippen molar-refractivity contribution in [2.24, 2.45) is 0 Å². The monoisotopic (exact) mass is 205 g/mol. The molecule has 2 aromatic rings. The van der Waals surface area contributed by atoms with E-state index >= 15 is 0 Å². The molecule has 14 heavy (non-hydrogen) atoms. The predicted molar refractivity (Wildman–Crippen MR) is 48.9 cm³/mol. The minimum absolute atomic E-state index is 0.113. The number of rotatable bonds is 1. The zero-order chi connectivity index (χ0) is 9.97. The highest BCUT2D eigenvalue weighted by Gasteiger charge is 2.01. The van der Waals surface area contributed by atoms with Crippen molar-refractivity contribution in [2.45, 2.75) is 0 Å². The third kappa shape index (κ3) is 1.56. The molecule has 0 N–H and O–H groups in total. The molecule has 0 radical (unpaired) electrons. The maximum absolute atomic E-state index is 8.51. The number of nitrogens with zero attached hydrogens (tertiary/aromatic N) is 5. The summed E-state index contributed by atoms with van der Waals surface area (Å²) >= 11 is 5.67. The summed E-state index contributed by atoms with van der Waals surface area (Å²) in [6.45, 7) is 0. The maximum Gasteiger partial charge on any atom is 0.252 e. The van der Waals surface area contributed by atoms with E-state index in [1.54, 1.807) is 12.1 Å². The lowest BCUT2D eigenvalue weighted by Gasteiger charge is -1.97. The van der Waals surface area contributed by atoms with Gasteiger partial charge in [-0.2, -0.15) is 5.26 Å². The van der Waals surface area contributed by atoms with E-state index in [0.29, 0.717) is 10.8 Å². The van der Waals surface area contributed by atoms with Crippen molar-refractivity contribution in [3.05, 3.63) is 35.5 Å². The summed E-state index contributed by atoms with van der Waals surface area (Å²) in [4.78, 5) is 7.77. The Kier molecular flexibility index (Phi) is 2.13. The minimum Gasteiger partial charge on any atom is -0.236 e. The van der Waals surface area contributed by atoms with E-state index in [2.05, 4.69) is 15.1 Å². The van der Waals surface area contributed by atoms with Crippen molar-refractivity contribution in [3.63, 3.8) is 0 Å². The SMILES string of the molecule is N#Cc1ncn(-c2ccc(Cl)cn2)n1. The van der Waals surface area contributed by atoms with E-state index in [1.165, 1.54) is 17.2 Å². The molecule has 0 spiro atoms. The summed E-state index contributed by atoms with van der Waals surface area (Å²) in [5.74, 6) is 0.685. The van der Waals surface area contributed by atoms with Crippen molar-refractivity contribution in [3.8, 4) is 11.9 Å². The van der Waals surface area contributed by atoms with Crippen LogP contribution in [0.4, 0.5) is 0 Å². The molecule has 0 unspecified atom stereocenters. The van der Waals surface area contributed by atoms with Crippen LogP contribution in [0.1, 0.15) is 5.82 Å². The van der Waals surface area contributed by atoms with Crippen molar-refractivity contribution in [2.75, 3.05) is 0 Å². The molecule has 0 bridgehead atoms. The lowest BCUT2D eigenvalue weighted by molar-refractivity contribution is 0.840. The molecule has 2 rings (SSSR count). The summed E-state index contributed by atoms with van der Waals surface area (Å²) in [6.07, 6.45) is 2.93. The van der Waals surface area contributed by atoms with Gasteiger partial charge in [0.25, 0.3) is 5.82 Å². The molecule has 0 saturated carbocycles. The van der Waals surface area contributed by atoms with Crippen molar-refractivity contribution < 1.29 is 0 Å². The molecule has 6 heteroatoms. The topological polar surface area (TPSA) is 67.4 Å². The van der Waals surface area contributed by atoms with Crippen LogP contribution in [-0.4, -0.2) is 19.7 Å². The Morgan fingerprint density at radius 1 is 1.36 bits per heavy atom. The van der Waals surface area contributed by atoms with E-state index in [4.69, 9.17) is 16.9 Å². The Balaban J connectivity index is 2.40. The molecule has 2 heterocycles. The van der Waals surface area contributed by atoms with Crippen LogP contribution in [0.3, 0.4) is 0 Å². The van der Waals surface area contributed by atoms with Crippen LogP contribution in [-0.2, 0) is 0 Å². The van der Waals surface area contributed by atoms with Crippen LogP contribution in [0.25, 0.3) is 5.82 Å². The van der Waals surface area contributed by atoms with E-state index in [1.807, 2.05) is 6.07 Å². The Morgan fingerprint density at radius 2 is 2.21 bits per heavy atom. The fraction of sp³-hybridized carbons (Fsp3) is 0. The fourth-order valence-corrected chi connectivity index (χ4v) is 1.04. The molecule has 2 aromatic heterocycles. The molecule has 0 aliphatic rings. The lowest BCUT2D eigenvalue weighted by atomic mass is 10.5. The van der Waals surface area contributed by atoms with Crippen molar-refractivity contribution >= 4 is 11.6 Å². The second-order valence-electron chi connectivity index (χ2n) is 2.46. The van der Waals surface area contributed by atoms with Gasteiger partial charge in [-0.25, -0.2) is 14.6 Å². The van der Waals surface area contributed by atoms with Gasteiger partial charge in [0.2, 0.25) is 0 Å². The van der Waals surface area contributed by atoms with Gasteiger partial charge < -0.3 is 0 Å². The number of pyridine rings is 1. The maximum atomic E-state index is 8.51. The van der Waals surface area contributed by atoms with Gasteiger partial charge in [0.1, 0.15) is 12.4 Å². The smallest absolute Gasteiger partial charge is 0.236 e. The van der Waals surface area contributed by atoms with Crippen molar-refractivity contribution in [1.82, 2.24) is 19.7 Å². The molecule has 0 saturated heterocycles. The van der Waals surface area contributed by atoms with Crippen molar-refractivity contribution in [1.29, 1.82) is 5.26 Å². The number of hydrogen-bond acceptors (Lipinski definition) is 4. The Bertz CT molecular complexity index is 481. The lowest BCUT2D eigenvalue weighted by Crippen LogP contribution is -1.97. The van der Waals surface area contributed by atoms with Gasteiger partial charge in [-0.1, -0.05) is 11.6 Å². The second-order valence-corrected chi connectivity index (χ2v) is 2.90. The minimum atomic E-state index is 0.113. The standard InChI is InChI=1S/C8H4ClN5/c9-6-1-2-8(11-4-6)14-5-12-7(3-10)13-14/h1-2,4-5H. The first-order valence-corrected chi connectivity index (χ1v) is 4.11. The van der Waals surface area contributed by atoms with Gasteiger partial charge >= 0.3 is 0 Å². The predicted octanol–water partition coefficient (Wildman–Crippen LogP) is 1.19. The zero-order valence-electron chi connectivity index (χ0n) is 6.92. The number of hydrogen-bond donors (Lipinski definition) is 0. The highest BCUT2D eigenvalue weighted by molar-refractivity contribution is 6.30. The molecule has 68 valence electrons. The van der Waals surface area contributed by atoms with Gasteiger partial charge in [-0.05, 0) is 12.1 Å². The first-order valence-electron chi connectivity index (χ1n) is 3.73. The molecule has 0 fully saturated rings. The first-order chi connectivity index (χ1) is 6.79. The van der Waals surface area contributed by atoms with Gasteiger partial charge in [0, 0.05) is 6.20 Å². The molecule has 0 aliphatic heterocycles. The first kappa shape index (κ1) is 8.66. The van der Waals surface area contributed by atoms with Gasteiger partial charge in [-0.15, -0.1) is 5.10 Å². The Hall–Kier alpha value is -1.93. The van der Waals surface area contributed by atoms with Crippen LogP contribution in [0.2, 0.25) is 5.02 Å². The van der Waals surface area contributed by atoms with Gasteiger partial charge in [0.05, 0.1) is 5.02 Å². The third-order valence-electron chi connectivity index (χ3n) is 1.54. The van der Waals surface area contributed by atoms with E-state index < -0.39 is 0 Å². The van der Waals surface area contributed by atoms with E-state index in [9.17, 15) is 0 Å². The summed E-state index contributed by atoms with van der Waals surface area (Å²) in [5.41, 5.74) is 0. The molecular formula is C8H4ClN5.